The zero-order valence-electron chi connectivity index (χ0n) is 16.3. The Kier molecular flexibility index (Phi) is 4.94. The summed E-state index contributed by atoms with van der Waals surface area (Å²) in [5, 5.41) is 26.8. The number of imidazole rings is 1. The molecule has 0 unspecified atom stereocenters. The smallest absolute Gasteiger partial charge is 0.324 e. The van der Waals surface area contributed by atoms with Gasteiger partial charge >= 0.3 is 6.03 Å². The number of nitrogens with zero attached hydrogens (tertiary/aromatic N) is 4. The van der Waals surface area contributed by atoms with Crippen LogP contribution in [0, 0.1) is 0 Å². The van der Waals surface area contributed by atoms with Crippen molar-refractivity contribution in [2.75, 3.05) is 17.2 Å². The van der Waals surface area contributed by atoms with E-state index in [2.05, 4.69) is 25.6 Å². The predicted octanol–water partition coefficient (Wildman–Crippen LogP) is 2.26. The first kappa shape index (κ1) is 19.4. The monoisotopic (exact) mass is 420 g/mol. The summed E-state index contributed by atoms with van der Waals surface area (Å²) in [6.07, 6.45) is 1.18. The van der Waals surface area contributed by atoms with E-state index in [1.165, 1.54) is 12.7 Å². The molecule has 0 aliphatic carbocycles. The highest BCUT2D eigenvalue weighted by atomic mass is 16.5. The van der Waals surface area contributed by atoms with Crippen LogP contribution in [0.25, 0.3) is 21.9 Å². The van der Waals surface area contributed by atoms with Crippen LogP contribution in [-0.4, -0.2) is 54.6 Å². The number of urea groups is 1. The molecule has 2 amide bonds. The number of aliphatic hydroxyl groups excluding tert-OH is 2. The number of hydrogen-bond donors (Lipinski definition) is 4. The average molecular weight is 420 g/mol. The highest BCUT2D eigenvalue weighted by molar-refractivity contribution is 6.07. The molecule has 2 aromatic heterocycles. The van der Waals surface area contributed by atoms with Crippen LogP contribution in [0.2, 0.25) is 0 Å². The molecule has 10 heteroatoms. The van der Waals surface area contributed by atoms with Gasteiger partial charge in [-0.3, -0.25) is 9.88 Å². The van der Waals surface area contributed by atoms with E-state index in [4.69, 9.17) is 4.74 Å². The minimum absolute atomic E-state index is 0.249. The molecule has 4 aromatic rings. The van der Waals surface area contributed by atoms with E-state index in [1.54, 1.807) is 4.57 Å². The first-order valence-corrected chi connectivity index (χ1v) is 9.81. The fourth-order valence-corrected chi connectivity index (χ4v) is 3.80. The van der Waals surface area contributed by atoms with Gasteiger partial charge in [-0.05, 0) is 11.5 Å². The Labute approximate surface area is 176 Å². The van der Waals surface area contributed by atoms with E-state index in [0.717, 1.165) is 10.8 Å². The molecule has 1 aliphatic heterocycles. The normalized spacial score (nSPS) is 20.9. The first-order chi connectivity index (χ1) is 15.1. The lowest BCUT2D eigenvalue weighted by Crippen LogP contribution is -2.24. The second-order valence-electron chi connectivity index (χ2n) is 7.27. The van der Waals surface area contributed by atoms with Crippen LogP contribution < -0.4 is 10.6 Å². The molecule has 5 rings (SSSR count). The van der Waals surface area contributed by atoms with Gasteiger partial charge in [0.1, 0.15) is 18.7 Å². The Morgan fingerprint density at radius 1 is 1.13 bits per heavy atom. The third kappa shape index (κ3) is 3.56. The molecule has 10 nitrogen and oxygen atoms in total. The van der Waals surface area contributed by atoms with Gasteiger partial charge in [-0.1, -0.05) is 36.4 Å². The standard InChI is InChI=1S/C21H20N6O4/c28-9-16-15(29)8-17(31-16)27-11-24-18-19(22-10-23-20(18)27)26-21(30)25-14-7-3-5-12-4-1-2-6-13(12)14/h1-7,10-11,15-17,28-29H,8-9H2,(H2,22,23,25,26,30)/t15-,16+,17+/m0/s1. The third-order valence-corrected chi connectivity index (χ3v) is 5.32. The number of nitrogens with one attached hydrogen (secondary N) is 2. The Hall–Kier alpha value is -3.60. The van der Waals surface area contributed by atoms with Crippen LogP contribution in [-0.2, 0) is 4.74 Å². The van der Waals surface area contributed by atoms with Gasteiger partial charge in [0.25, 0.3) is 0 Å². The number of fused-ring (bicyclic) bond motifs is 2. The van der Waals surface area contributed by atoms with Crippen LogP contribution in [0.5, 0.6) is 0 Å². The van der Waals surface area contributed by atoms with E-state index >= 15 is 0 Å². The van der Waals surface area contributed by atoms with Gasteiger partial charge in [0.15, 0.2) is 17.0 Å². The summed E-state index contributed by atoms with van der Waals surface area (Å²) >= 11 is 0. The topological polar surface area (TPSA) is 134 Å². The number of carbonyl (C=O) groups excluding carboxylic acids is 1. The number of aromatic nitrogens is 4. The van der Waals surface area contributed by atoms with Crippen molar-refractivity contribution in [1.29, 1.82) is 0 Å². The molecule has 0 saturated carbocycles. The molecule has 4 N–H and O–H groups in total. The number of carbonyl (C=O) groups is 1. The van der Waals surface area contributed by atoms with Gasteiger partial charge in [-0.15, -0.1) is 0 Å². The van der Waals surface area contributed by atoms with Crippen molar-refractivity contribution in [3.05, 3.63) is 55.1 Å². The lowest BCUT2D eigenvalue weighted by atomic mass is 10.1. The van der Waals surface area contributed by atoms with Gasteiger partial charge in [-0.2, -0.15) is 0 Å². The average Bonchev–Trinajstić information content (AvgIpc) is 3.37. The van der Waals surface area contributed by atoms with E-state index < -0.39 is 24.5 Å². The van der Waals surface area contributed by atoms with Crippen molar-refractivity contribution in [3.63, 3.8) is 0 Å². The summed E-state index contributed by atoms with van der Waals surface area (Å²) in [5.74, 6) is 0.249. The van der Waals surface area contributed by atoms with Crippen molar-refractivity contribution < 1.29 is 19.7 Å². The van der Waals surface area contributed by atoms with Crippen molar-refractivity contribution in [3.8, 4) is 0 Å². The number of ether oxygens (including phenoxy) is 1. The Morgan fingerprint density at radius 3 is 2.81 bits per heavy atom. The molecule has 1 aliphatic rings. The fraction of sp³-hybridized carbons (Fsp3) is 0.238. The second kappa shape index (κ2) is 7.91. The zero-order chi connectivity index (χ0) is 21.4. The lowest BCUT2D eigenvalue weighted by molar-refractivity contribution is -0.0432. The summed E-state index contributed by atoms with van der Waals surface area (Å²) in [5.41, 5.74) is 1.52. The predicted molar refractivity (Wildman–Crippen MR) is 114 cm³/mol. The summed E-state index contributed by atoms with van der Waals surface area (Å²) in [6, 6.07) is 13.0. The highest BCUT2D eigenvalue weighted by Crippen LogP contribution is 2.31. The number of rotatable bonds is 4. The molecule has 3 atom stereocenters. The second-order valence-corrected chi connectivity index (χ2v) is 7.27. The van der Waals surface area contributed by atoms with E-state index in [9.17, 15) is 15.0 Å². The molecule has 0 radical (unpaired) electrons. The molecule has 2 aromatic carbocycles. The fourth-order valence-electron chi connectivity index (χ4n) is 3.80. The van der Waals surface area contributed by atoms with Gasteiger partial charge in [-0.25, -0.2) is 19.7 Å². The van der Waals surface area contributed by atoms with E-state index in [0.29, 0.717) is 23.3 Å². The molecule has 31 heavy (non-hydrogen) atoms. The summed E-state index contributed by atoms with van der Waals surface area (Å²) < 4.78 is 7.34. The summed E-state index contributed by atoms with van der Waals surface area (Å²) in [6.45, 7) is -0.277. The van der Waals surface area contributed by atoms with Crippen LogP contribution in [0.3, 0.4) is 0 Å². The Balaban J connectivity index is 1.38. The van der Waals surface area contributed by atoms with Crippen molar-refractivity contribution in [2.45, 2.75) is 24.9 Å². The molecule has 0 bridgehead atoms. The number of aliphatic hydroxyl groups is 2. The maximum absolute atomic E-state index is 12.7. The Morgan fingerprint density at radius 2 is 1.97 bits per heavy atom. The number of benzene rings is 2. The van der Waals surface area contributed by atoms with Crippen molar-refractivity contribution >= 4 is 39.5 Å². The van der Waals surface area contributed by atoms with Gasteiger partial charge in [0.2, 0.25) is 0 Å². The minimum atomic E-state index is -0.779. The molecule has 3 heterocycles. The first-order valence-electron chi connectivity index (χ1n) is 9.81. The maximum atomic E-state index is 12.7. The SMILES string of the molecule is O=C(Nc1cccc2ccccc12)Nc1ncnc2c1ncn2[C@H]1C[C@H](O)[C@@H](CO)O1. The van der Waals surface area contributed by atoms with Crippen LogP contribution >= 0.6 is 0 Å². The van der Waals surface area contributed by atoms with Crippen molar-refractivity contribution in [2.24, 2.45) is 0 Å². The molecule has 0 spiro atoms. The molecule has 158 valence electrons. The number of amides is 2. The molecule has 1 saturated heterocycles. The van der Waals surface area contributed by atoms with Crippen LogP contribution in [0.1, 0.15) is 12.6 Å². The summed E-state index contributed by atoms with van der Waals surface area (Å²) in [7, 11) is 0. The van der Waals surface area contributed by atoms with Gasteiger partial charge in [0.05, 0.1) is 24.7 Å². The number of anilines is 2. The number of hydrogen-bond acceptors (Lipinski definition) is 7. The van der Waals surface area contributed by atoms with Gasteiger partial charge in [0, 0.05) is 11.8 Å². The molecule has 1 fully saturated rings. The lowest BCUT2D eigenvalue weighted by Gasteiger charge is -2.13. The van der Waals surface area contributed by atoms with Crippen LogP contribution in [0.4, 0.5) is 16.3 Å². The van der Waals surface area contributed by atoms with Crippen LogP contribution in [0.15, 0.2) is 55.1 Å². The van der Waals surface area contributed by atoms with E-state index in [1.807, 2.05) is 42.5 Å². The summed E-state index contributed by atoms with van der Waals surface area (Å²) in [4.78, 5) is 25.4. The third-order valence-electron chi connectivity index (χ3n) is 5.32. The zero-order valence-corrected chi connectivity index (χ0v) is 16.3. The largest absolute Gasteiger partial charge is 0.394 e. The Bertz CT molecular complexity index is 1250. The quantitative estimate of drug-likeness (QED) is 0.398. The molecular formula is C21H20N6O4. The van der Waals surface area contributed by atoms with Crippen molar-refractivity contribution in [1.82, 2.24) is 19.5 Å². The van der Waals surface area contributed by atoms with Gasteiger partial charge < -0.3 is 20.3 Å². The van der Waals surface area contributed by atoms with E-state index in [-0.39, 0.29) is 12.4 Å². The maximum Gasteiger partial charge on any atom is 0.324 e. The molecular weight excluding hydrogens is 400 g/mol. The highest BCUT2D eigenvalue weighted by Gasteiger charge is 2.35. The minimum Gasteiger partial charge on any atom is -0.394 e.